The van der Waals surface area contributed by atoms with Crippen LogP contribution in [0.4, 0.5) is 0 Å². The summed E-state index contributed by atoms with van der Waals surface area (Å²) in [5, 5.41) is 7.54. The number of esters is 1. The zero-order valence-corrected chi connectivity index (χ0v) is 16.7. The topological polar surface area (TPSA) is 94.3 Å². The van der Waals surface area contributed by atoms with Crippen LogP contribution < -0.4 is 5.32 Å². The van der Waals surface area contributed by atoms with Gasteiger partial charge in [-0.05, 0) is 51.5 Å². The molecule has 4 rings (SSSR count). The molecule has 1 N–H and O–H groups in total. The van der Waals surface area contributed by atoms with Crippen LogP contribution in [-0.2, 0) is 9.53 Å². The largest absolute Gasteiger partial charge is 0.449 e. The molecule has 0 spiro atoms. The van der Waals surface area contributed by atoms with Gasteiger partial charge in [-0.15, -0.1) is 0 Å². The number of carbonyl (C=O) groups is 2. The maximum atomic E-state index is 12.9. The minimum Gasteiger partial charge on any atom is -0.449 e. The van der Waals surface area contributed by atoms with Crippen molar-refractivity contribution in [3.8, 4) is 0 Å². The Morgan fingerprint density at radius 1 is 1.25 bits per heavy atom. The number of fused-ring (bicyclic) bond motifs is 1. The van der Waals surface area contributed by atoms with Crippen LogP contribution in [0.15, 0.2) is 10.6 Å². The van der Waals surface area contributed by atoms with Crippen molar-refractivity contribution < 1.29 is 18.8 Å². The van der Waals surface area contributed by atoms with E-state index in [0.717, 1.165) is 37.8 Å². The van der Waals surface area contributed by atoms with E-state index in [1.54, 1.807) is 19.9 Å². The molecule has 3 unspecified atom stereocenters. The second-order valence-corrected chi connectivity index (χ2v) is 8.24. The van der Waals surface area contributed by atoms with Crippen LogP contribution in [0.3, 0.4) is 0 Å². The van der Waals surface area contributed by atoms with Crippen molar-refractivity contribution in [2.45, 2.75) is 77.4 Å². The van der Waals surface area contributed by atoms with E-state index in [-0.39, 0.29) is 11.9 Å². The first-order valence-electron chi connectivity index (χ1n) is 10.2. The molecule has 2 aromatic rings. The average Bonchev–Trinajstić information content (AvgIpc) is 3.46. The number of carbonyl (C=O) groups excluding carboxylic acids is 2. The van der Waals surface area contributed by atoms with Crippen molar-refractivity contribution >= 4 is 23.0 Å². The Labute approximate surface area is 164 Å². The first kappa shape index (κ1) is 18.9. The smallest absolute Gasteiger partial charge is 0.339 e. The Morgan fingerprint density at radius 3 is 2.71 bits per heavy atom. The minimum atomic E-state index is -0.866. The van der Waals surface area contributed by atoms with Gasteiger partial charge in [-0.2, -0.15) is 0 Å². The predicted octanol–water partition coefficient (Wildman–Crippen LogP) is 3.65. The van der Waals surface area contributed by atoms with Crippen LogP contribution >= 0.6 is 0 Å². The van der Waals surface area contributed by atoms with Crippen molar-refractivity contribution in [3.05, 3.63) is 23.0 Å². The number of hydrogen-bond acceptors (Lipinski definition) is 6. The summed E-state index contributed by atoms with van der Waals surface area (Å²) in [5.41, 5.74) is 2.13. The molecule has 0 radical (unpaired) electrons. The third kappa shape index (κ3) is 3.75. The van der Waals surface area contributed by atoms with E-state index >= 15 is 0 Å². The summed E-state index contributed by atoms with van der Waals surface area (Å²) >= 11 is 0. The van der Waals surface area contributed by atoms with Gasteiger partial charge in [-0.1, -0.05) is 24.9 Å². The maximum absolute atomic E-state index is 12.9. The SMILES string of the molecule is Cc1noc2nc(C3CC3)cc(C(=O)OC(C)C(=O)NC3CCCCC3C)c12. The summed E-state index contributed by atoms with van der Waals surface area (Å²) in [4.78, 5) is 29.9. The van der Waals surface area contributed by atoms with E-state index in [4.69, 9.17) is 9.26 Å². The fraction of sp³-hybridized carbons (Fsp3) is 0.619. The van der Waals surface area contributed by atoms with Gasteiger partial charge in [0, 0.05) is 17.7 Å². The zero-order chi connectivity index (χ0) is 19.8. The predicted molar refractivity (Wildman–Crippen MR) is 103 cm³/mol. The number of ether oxygens (including phenoxy) is 1. The lowest BCUT2D eigenvalue weighted by atomic mass is 9.86. The second-order valence-electron chi connectivity index (χ2n) is 8.24. The Kier molecular flexibility index (Phi) is 5.08. The fourth-order valence-electron chi connectivity index (χ4n) is 3.97. The minimum absolute atomic E-state index is 0.150. The number of rotatable bonds is 5. The van der Waals surface area contributed by atoms with Crippen molar-refractivity contribution in [1.29, 1.82) is 0 Å². The Hall–Kier alpha value is -2.44. The Morgan fingerprint density at radius 2 is 2.00 bits per heavy atom. The first-order chi connectivity index (χ1) is 13.4. The molecule has 2 aromatic heterocycles. The fourth-order valence-corrected chi connectivity index (χ4v) is 3.97. The molecule has 2 aliphatic carbocycles. The van der Waals surface area contributed by atoms with Gasteiger partial charge in [0.1, 0.15) is 0 Å². The summed E-state index contributed by atoms with van der Waals surface area (Å²) in [6.45, 7) is 5.53. The zero-order valence-electron chi connectivity index (χ0n) is 16.7. The molecule has 0 saturated heterocycles. The summed E-state index contributed by atoms with van der Waals surface area (Å²) in [6, 6.07) is 1.91. The molecule has 7 nitrogen and oxygen atoms in total. The van der Waals surface area contributed by atoms with E-state index in [2.05, 4.69) is 22.4 Å². The average molecular weight is 385 g/mol. The molecule has 1 amide bonds. The summed E-state index contributed by atoms with van der Waals surface area (Å²) in [5.74, 6) is 0.0119. The molecule has 28 heavy (non-hydrogen) atoms. The molecule has 2 heterocycles. The molecule has 150 valence electrons. The highest BCUT2D eigenvalue weighted by Gasteiger charge is 2.31. The Bertz CT molecular complexity index is 902. The summed E-state index contributed by atoms with van der Waals surface area (Å²) in [7, 11) is 0. The van der Waals surface area contributed by atoms with Gasteiger partial charge in [-0.3, -0.25) is 4.79 Å². The van der Waals surface area contributed by atoms with Gasteiger partial charge in [0.15, 0.2) is 6.10 Å². The molecule has 2 fully saturated rings. The summed E-state index contributed by atoms with van der Waals surface area (Å²) in [6.07, 6.45) is 5.66. The molecular weight excluding hydrogens is 358 g/mol. The van der Waals surface area contributed by atoms with E-state index < -0.39 is 12.1 Å². The van der Waals surface area contributed by atoms with Crippen molar-refractivity contribution in [2.75, 3.05) is 0 Å². The third-order valence-corrected chi connectivity index (χ3v) is 5.94. The number of hydrogen-bond donors (Lipinski definition) is 1. The quantitative estimate of drug-likeness (QED) is 0.790. The second kappa shape index (κ2) is 7.53. The molecule has 7 heteroatoms. The monoisotopic (exact) mass is 385 g/mol. The number of aromatic nitrogens is 2. The van der Waals surface area contributed by atoms with Crippen LogP contribution in [0.1, 0.15) is 80.0 Å². The van der Waals surface area contributed by atoms with E-state index in [1.807, 2.05) is 0 Å². The lowest BCUT2D eigenvalue weighted by Crippen LogP contribution is -2.46. The number of pyridine rings is 1. The van der Waals surface area contributed by atoms with Crippen molar-refractivity contribution in [1.82, 2.24) is 15.5 Å². The van der Waals surface area contributed by atoms with E-state index in [0.29, 0.717) is 34.2 Å². The normalized spacial score (nSPS) is 23.4. The van der Waals surface area contributed by atoms with Gasteiger partial charge in [0.25, 0.3) is 11.6 Å². The van der Waals surface area contributed by atoms with Crippen LogP contribution in [0, 0.1) is 12.8 Å². The maximum Gasteiger partial charge on any atom is 0.339 e. The van der Waals surface area contributed by atoms with Crippen LogP contribution in [0.5, 0.6) is 0 Å². The highest BCUT2D eigenvalue weighted by molar-refractivity contribution is 6.04. The number of nitrogens with one attached hydrogen (secondary N) is 1. The summed E-state index contributed by atoms with van der Waals surface area (Å²) < 4.78 is 10.8. The highest BCUT2D eigenvalue weighted by Crippen LogP contribution is 2.40. The number of aryl methyl sites for hydroxylation is 1. The highest BCUT2D eigenvalue weighted by atomic mass is 16.5. The standard InChI is InChI=1S/C21H27N3O4/c1-11-6-4-5-7-16(11)22-19(25)13(3)27-21(26)15-10-17(14-8-9-14)23-20-18(15)12(2)24-28-20/h10-11,13-14,16H,4-9H2,1-3H3,(H,22,25). The van der Waals surface area contributed by atoms with Crippen LogP contribution in [0.25, 0.3) is 11.1 Å². The van der Waals surface area contributed by atoms with Gasteiger partial charge in [-0.25, -0.2) is 9.78 Å². The van der Waals surface area contributed by atoms with Gasteiger partial charge in [0.2, 0.25) is 0 Å². The molecular formula is C21H27N3O4. The third-order valence-electron chi connectivity index (χ3n) is 5.94. The van der Waals surface area contributed by atoms with Gasteiger partial charge in [0.05, 0.1) is 16.6 Å². The lowest BCUT2D eigenvalue weighted by molar-refractivity contribution is -0.130. The first-order valence-corrected chi connectivity index (χ1v) is 10.2. The molecule has 0 bridgehead atoms. The van der Waals surface area contributed by atoms with Gasteiger partial charge >= 0.3 is 5.97 Å². The van der Waals surface area contributed by atoms with Crippen LogP contribution in [-0.4, -0.2) is 34.2 Å². The molecule has 0 aromatic carbocycles. The van der Waals surface area contributed by atoms with Crippen molar-refractivity contribution in [3.63, 3.8) is 0 Å². The molecule has 2 saturated carbocycles. The Balaban J connectivity index is 1.49. The van der Waals surface area contributed by atoms with Gasteiger partial charge < -0.3 is 14.6 Å². The molecule has 2 aliphatic rings. The molecule has 0 aliphatic heterocycles. The number of amides is 1. The number of nitrogens with zero attached hydrogens (tertiary/aromatic N) is 2. The molecule has 3 atom stereocenters. The van der Waals surface area contributed by atoms with Crippen LogP contribution in [0.2, 0.25) is 0 Å². The lowest BCUT2D eigenvalue weighted by Gasteiger charge is -2.30. The van der Waals surface area contributed by atoms with E-state index in [1.165, 1.54) is 6.42 Å². The van der Waals surface area contributed by atoms with E-state index in [9.17, 15) is 9.59 Å². The van der Waals surface area contributed by atoms with Crippen molar-refractivity contribution in [2.24, 2.45) is 5.92 Å².